The van der Waals surface area contributed by atoms with Gasteiger partial charge in [0, 0.05) is 44.0 Å². The maximum absolute atomic E-state index is 13.1. The Labute approximate surface area is 244 Å². The molecule has 2 heterocycles. The lowest BCUT2D eigenvalue weighted by atomic mass is 9.95. The van der Waals surface area contributed by atoms with Gasteiger partial charge in [-0.3, -0.25) is 4.90 Å². The van der Waals surface area contributed by atoms with Crippen molar-refractivity contribution in [2.45, 2.75) is 51.0 Å². The van der Waals surface area contributed by atoms with Gasteiger partial charge in [-0.1, -0.05) is 72.8 Å². The summed E-state index contributed by atoms with van der Waals surface area (Å²) in [5.74, 6) is 0.554. The minimum atomic E-state index is -4.38. The summed E-state index contributed by atoms with van der Waals surface area (Å²) in [6.45, 7) is 4.08. The van der Waals surface area contributed by atoms with E-state index in [1.165, 1.54) is 17.7 Å². The Balaban J connectivity index is 1.37. The number of carbonyl (C=O) groups is 1. The predicted octanol–water partition coefficient (Wildman–Crippen LogP) is 6.99. The third-order valence-corrected chi connectivity index (χ3v) is 8.05. The van der Waals surface area contributed by atoms with Gasteiger partial charge in [0.05, 0.1) is 17.3 Å². The highest BCUT2D eigenvalue weighted by molar-refractivity contribution is 5.74. The molecule has 1 aliphatic rings. The van der Waals surface area contributed by atoms with Crippen LogP contribution in [-0.4, -0.2) is 52.0 Å². The molecule has 4 aromatic rings. The lowest BCUT2D eigenvalue weighted by molar-refractivity contribution is -0.137. The Kier molecular flexibility index (Phi) is 8.97. The molecular weight excluding hydrogens is 539 g/mol. The van der Waals surface area contributed by atoms with Gasteiger partial charge in [0.25, 0.3) is 0 Å². The number of rotatable bonds is 8. The number of amides is 2. The van der Waals surface area contributed by atoms with Gasteiger partial charge in [0.1, 0.15) is 5.82 Å². The maximum atomic E-state index is 13.1. The SMILES string of the molecule is CNC(=O)N(Cc1ccccc1)C1CCN(C(Cc2ccccc2)c2nc(-c3ccc(C(F)(F)F)cc3)[nH]c2C)CC1. The molecule has 0 radical (unpaired) electrons. The molecule has 0 bridgehead atoms. The number of aromatic nitrogens is 2. The van der Waals surface area contributed by atoms with Gasteiger partial charge in [-0.25, -0.2) is 9.78 Å². The number of nitrogens with zero attached hydrogens (tertiary/aromatic N) is 3. The van der Waals surface area contributed by atoms with Crippen LogP contribution in [0.4, 0.5) is 18.0 Å². The number of urea groups is 1. The number of piperidine rings is 1. The van der Waals surface area contributed by atoms with E-state index < -0.39 is 11.7 Å². The predicted molar refractivity (Wildman–Crippen MR) is 158 cm³/mol. The van der Waals surface area contributed by atoms with E-state index in [4.69, 9.17) is 4.98 Å². The summed E-state index contributed by atoms with van der Waals surface area (Å²) in [5, 5.41) is 2.81. The first-order chi connectivity index (χ1) is 20.2. The molecule has 2 amide bonds. The Hall–Kier alpha value is -4.11. The van der Waals surface area contributed by atoms with Crippen LogP contribution >= 0.6 is 0 Å². The Bertz CT molecular complexity index is 1450. The highest BCUT2D eigenvalue weighted by Gasteiger charge is 2.33. The molecule has 1 fully saturated rings. The second-order valence-corrected chi connectivity index (χ2v) is 10.8. The molecule has 5 rings (SSSR count). The molecular formula is C33H36F3N5O. The fourth-order valence-electron chi connectivity index (χ4n) is 5.79. The number of carbonyl (C=O) groups excluding carboxylic acids is 1. The zero-order chi connectivity index (χ0) is 29.7. The first kappa shape index (κ1) is 29.4. The van der Waals surface area contributed by atoms with Crippen molar-refractivity contribution in [2.24, 2.45) is 0 Å². The standard InChI is InChI=1S/C33H36F3N5O/c1-23-30(39-31(38-23)26-13-15-27(16-14-26)33(34,35)36)29(21-24-9-5-3-6-10-24)40-19-17-28(18-20-40)41(32(42)37-2)22-25-11-7-4-8-12-25/h3-16,28-29H,17-22H2,1-2H3,(H,37,42)(H,38,39). The van der Waals surface area contributed by atoms with Gasteiger partial charge in [0.15, 0.2) is 0 Å². The summed E-state index contributed by atoms with van der Waals surface area (Å²) in [6, 6.07) is 25.3. The minimum absolute atomic E-state index is 0.0321. The number of hydrogen-bond donors (Lipinski definition) is 2. The number of aromatic amines is 1. The summed E-state index contributed by atoms with van der Waals surface area (Å²) in [6.07, 6.45) is -2.00. The number of halogens is 3. The highest BCUT2D eigenvalue weighted by atomic mass is 19.4. The topological polar surface area (TPSA) is 64.3 Å². The first-order valence-electron chi connectivity index (χ1n) is 14.3. The molecule has 1 atom stereocenters. The normalized spacial score (nSPS) is 15.4. The number of imidazole rings is 1. The van der Waals surface area contributed by atoms with Crippen LogP contribution in [0.15, 0.2) is 84.9 Å². The van der Waals surface area contributed by atoms with Gasteiger partial charge in [0.2, 0.25) is 0 Å². The Morgan fingerprint density at radius 1 is 0.976 bits per heavy atom. The zero-order valence-electron chi connectivity index (χ0n) is 23.9. The number of H-pyrrole nitrogens is 1. The van der Waals surface area contributed by atoms with Gasteiger partial charge >= 0.3 is 12.2 Å². The molecule has 2 N–H and O–H groups in total. The lowest BCUT2D eigenvalue weighted by Gasteiger charge is -2.41. The van der Waals surface area contributed by atoms with Crippen LogP contribution in [-0.2, 0) is 19.1 Å². The van der Waals surface area contributed by atoms with E-state index in [9.17, 15) is 18.0 Å². The number of likely N-dealkylation sites (tertiary alicyclic amines) is 1. The molecule has 9 heteroatoms. The number of nitrogens with one attached hydrogen (secondary N) is 2. The average molecular weight is 576 g/mol. The van der Waals surface area contributed by atoms with Gasteiger partial charge in [-0.2, -0.15) is 13.2 Å². The molecule has 220 valence electrons. The summed E-state index contributed by atoms with van der Waals surface area (Å²) < 4.78 is 39.3. The van der Waals surface area contributed by atoms with Gasteiger partial charge < -0.3 is 15.2 Å². The van der Waals surface area contributed by atoms with Crippen molar-refractivity contribution in [3.63, 3.8) is 0 Å². The average Bonchev–Trinajstić information content (AvgIpc) is 3.40. The molecule has 1 aliphatic heterocycles. The van der Waals surface area contributed by atoms with Crippen LogP contribution in [0.3, 0.4) is 0 Å². The van der Waals surface area contributed by atoms with Crippen molar-refractivity contribution < 1.29 is 18.0 Å². The molecule has 0 saturated carbocycles. The van der Waals surface area contributed by atoms with Crippen molar-refractivity contribution in [1.82, 2.24) is 25.1 Å². The second kappa shape index (κ2) is 12.8. The fraction of sp³-hybridized carbons (Fsp3) is 0.333. The van der Waals surface area contributed by atoms with E-state index in [2.05, 4.69) is 27.3 Å². The van der Waals surface area contributed by atoms with Crippen LogP contribution in [0.1, 0.15) is 47.0 Å². The van der Waals surface area contributed by atoms with E-state index in [0.29, 0.717) is 17.9 Å². The number of benzene rings is 3. The Morgan fingerprint density at radius 3 is 2.14 bits per heavy atom. The van der Waals surface area contributed by atoms with Crippen LogP contribution in [0.25, 0.3) is 11.4 Å². The zero-order valence-corrected chi connectivity index (χ0v) is 23.9. The van der Waals surface area contributed by atoms with E-state index in [-0.39, 0.29) is 18.1 Å². The van der Waals surface area contributed by atoms with Crippen LogP contribution in [0.5, 0.6) is 0 Å². The molecule has 42 heavy (non-hydrogen) atoms. The number of alkyl halides is 3. The minimum Gasteiger partial charge on any atom is -0.342 e. The monoisotopic (exact) mass is 575 g/mol. The largest absolute Gasteiger partial charge is 0.416 e. The van der Waals surface area contributed by atoms with E-state index in [0.717, 1.165) is 61.4 Å². The van der Waals surface area contributed by atoms with Gasteiger partial charge in [-0.05, 0) is 49.4 Å². The fourth-order valence-corrected chi connectivity index (χ4v) is 5.79. The molecule has 6 nitrogen and oxygen atoms in total. The molecule has 3 aromatic carbocycles. The van der Waals surface area contributed by atoms with Crippen molar-refractivity contribution in [2.75, 3.05) is 20.1 Å². The molecule has 1 saturated heterocycles. The third kappa shape index (κ3) is 6.85. The van der Waals surface area contributed by atoms with Crippen molar-refractivity contribution in [3.05, 3.63) is 113 Å². The maximum Gasteiger partial charge on any atom is 0.416 e. The van der Waals surface area contributed by atoms with Crippen molar-refractivity contribution in [3.8, 4) is 11.4 Å². The third-order valence-electron chi connectivity index (χ3n) is 8.05. The second-order valence-electron chi connectivity index (χ2n) is 10.8. The summed E-state index contributed by atoms with van der Waals surface area (Å²) in [5.41, 5.74) is 3.98. The molecule has 0 aliphatic carbocycles. The Morgan fingerprint density at radius 2 is 1.57 bits per heavy atom. The van der Waals surface area contributed by atoms with Crippen LogP contribution in [0.2, 0.25) is 0 Å². The van der Waals surface area contributed by atoms with E-state index in [1.54, 1.807) is 7.05 Å². The quantitative estimate of drug-likeness (QED) is 0.238. The van der Waals surface area contributed by atoms with Gasteiger partial charge in [-0.15, -0.1) is 0 Å². The summed E-state index contributed by atoms with van der Waals surface area (Å²) in [4.78, 5) is 25.5. The van der Waals surface area contributed by atoms with Crippen molar-refractivity contribution in [1.29, 1.82) is 0 Å². The van der Waals surface area contributed by atoms with E-state index in [1.807, 2.05) is 60.4 Å². The first-order valence-corrected chi connectivity index (χ1v) is 14.3. The molecule has 0 spiro atoms. The smallest absolute Gasteiger partial charge is 0.342 e. The van der Waals surface area contributed by atoms with Crippen LogP contribution in [0, 0.1) is 6.92 Å². The lowest BCUT2D eigenvalue weighted by Crippen LogP contribution is -2.50. The highest BCUT2D eigenvalue weighted by Crippen LogP contribution is 2.34. The number of hydrogen-bond acceptors (Lipinski definition) is 3. The molecule has 1 unspecified atom stereocenters. The summed E-state index contributed by atoms with van der Waals surface area (Å²) in [7, 11) is 1.67. The number of aryl methyl sites for hydroxylation is 1. The van der Waals surface area contributed by atoms with E-state index >= 15 is 0 Å². The van der Waals surface area contributed by atoms with Crippen LogP contribution < -0.4 is 5.32 Å². The molecule has 1 aromatic heterocycles. The van der Waals surface area contributed by atoms with Crippen molar-refractivity contribution >= 4 is 6.03 Å². The summed E-state index contributed by atoms with van der Waals surface area (Å²) >= 11 is 0.